The molecular weight excluding hydrogens is 88.1 g/mol. The highest BCUT2D eigenvalue weighted by molar-refractivity contribution is 5.14. The molecule has 7 heavy (non-hydrogen) atoms. The lowest BCUT2D eigenvalue weighted by Gasteiger charge is -2.23. The molecular formula is C6H10O. The molecule has 1 rings (SSSR count). The molecule has 1 heteroatoms. The van der Waals surface area contributed by atoms with Gasteiger partial charge in [0.25, 0.3) is 0 Å². The highest BCUT2D eigenvalue weighted by Gasteiger charge is 2.18. The van der Waals surface area contributed by atoms with Crippen LogP contribution in [-0.4, -0.2) is 11.2 Å². The third kappa shape index (κ3) is 0.682. The molecule has 1 aliphatic rings. The molecule has 1 aliphatic carbocycles. The van der Waals surface area contributed by atoms with Crippen molar-refractivity contribution in [2.24, 2.45) is 0 Å². The molecule has 40 valence electrons. The van der Waals surface area contributed by atoms with E-state index in [9.17, 15) is 0 Å². The second-order valence-electron chi connectivity index (χ2n) is 1.92. The van der Waals surface area contributed by atoms with Crippen LogP contribution in [0.1, 0.15) is 19.8 Å². The predicted octanol–water partition coefficient (Wildman–Crippen LogP) is 1.09. The lowest BCUT2D eigenvalue weighted by Crippen LogP contribution is -2.20. The van der Waals surface area contributed by atoms with Gasteiger partial charge in [-0.1, -0.05) is 6.08 Å². The van der Waals surface area contributed by atoms with E-state index in [2.05, 4.69) is 0 Å². The molecule has 0 saturated heterocycles. The van der Waals surface area contributed by atoms with Gasteiger partial charge in [-0.25, -0.2) is 0 Å². The monoisotopic (exact) mass is 98.1 g/mol. The molecule has 0 radical (unpaired) electrons. The van der Waals surface area contributed by atoms with E-state index in [1.165, 1.54) is 5.57 Å². The first kappa shape index (κ1) is 4.85. The molecule has 1 fully saturated rings. The second-order valence-corrected chi connectivity index (χ2v) is 1.92. The van der Waals surface area contributed by atoms with E-state index in [4.69, 9.17) is 5.11 Å². The summed E-state index contributed by atoms with van der Waals surface area (Å²) >= 11 is 0. The first-order chi connectivity index (χ1) is 3.34. The Hall–Kier alpha value is -0.300. The van der Waals surface area contributed by atoms with Gasteiger partial charge in [0.1, 0.15) is 0 Å². The summed E-state index contributed by atoms with van der Waals surface area (Å²) in [4.78, 5) is 0. The largest absolute Gasteiger partial charge is 0.389 e. The van der Waals surface area contributed by atoms with Crippen LogP contribution in [0.3, 0.4) is 0 Å². The molecule has 1 atom stereocenters. The summed E-state index contributed by atoms with van der Waals surface area (Å²) in [6.45, 7) is 1.97. The smallest absolute Gasteiger partial charge is 0.0753 e. The zero-order valence-electron chi connectivity index (χ0n) is 4.52. The van der Waals surface area contributed by atoms with E-state index >= 15 is 0 Å². The quantitative estimate of drug-likeness (QED) is 0.449. The molecule has 0 heterocycles. The minimum absolute atomic E-state index is 0.0926. The normalized spacial score (nSPS) is 35.7. The number of aliphatic hydroxyl groups is 1. The van der Waals surface area contributed by atoms with Gasteiger partial charge in [0.15, 0.2) is 0 Å². The van der Waals surface area contributed by atoms with Crippen molar-refractivity contribution in [3.8, 4) is 0 Å². The third-order valence-electron chi connectivity index (χ3n) is 1.51. The molecule has 1 N–H and O–H groups in total. The van der Waals surface area contributed by atoms with Crippen LogP contribution in [0.2, 0.25) is 0 Å². The van der Waals surface area contributed by atoms with Crippen LogP contribution in [0.25, 0.3) is 0 Å². The summed E-state index contributed by atoms with van der Waals surface area (Å²) in [5, 5.41) is 8.84. The standard InChI is InChI=1S/C6H10O/c1-2-5-3-4-6(5)7/h2,6-7H,3-4H2,1H3/b5-2-/t6-/m1/s1. The number of rotatable bonds is 0. The Balaban J connectivity index is 2.44. The molecule has 0 aliphatic heterocycles. The predicted molar refractivity (Wildman–Crippen MR) is 29.0 cm³/mol. The molecule has 0 unspecified atom stereocenters. The number of aliphatic hydroxyl groups excluding tert-OH is 1. The van der Waals surface area contributed by atoms with E-state index in [-0.39, 0.29) is 6.10 Å². The van der Waals surface area contributed by atoms with Gasteiger partial charge in [-0.05, 0) is 25.3 Å². The fourth-order valence-electron chi connectivity index (χ4n) is 0.777. The van der Waals surface area contributed by atoms with E-state index in [1.807, 2.05) is 13.0 Å². The third-order valence-corrected chi connectivity index (χ3v) is 1.51. The van der Waals surface area contributed by atoms with E-state index in [0.717, 1.165) is 12.8 Å². The lowest BCUT2D eigenvalue weighted by atomic mass is 9.89. The van der Waals surface area contributed by atoms with Gasteiger partial charge in [0.2, 0.25) is 0 Å². The minimum Gasteiger partial charge on any atom is -0.389 e. The van der Waals surface area contributed by atoms with Crippen LogP contribution < -0.4 is 0 Å². The average molecular weight is 98.1 g/mol. The molecule has 1 nitrogen and oxygen atoms in total. The van der Waals surface area contributed by atoms with Crippen molar-refractivity contribution in [1.82, 2.24) is 0 Å². The van der Waals surface area contributed by atoms with Crippen molar-refractivity contribution in [3.63, 3.8) is 0 Å². The zero-order valence-corrected chi connectivity index (χ0v) is 4.52. The Morgan fingerprint density at radius 2 is 2.57 bits per heavy atom. The molecule has 0 aromatic carbocycles. The maximum Gasteiger partial charge on any atom is 0.0753 e. The van der Waals surface area contributed by atoms with E-state index in [0.29, 0.717) is 0 Å². The first-order valence-electron chi connectivity index (χ1n) is 2.67. The van der Waals surface area contributed by atoms with Crippen LogP contribution in [0.15, 0.2) is 11.6 Å². The Labute approximate surface area is 43.7 Å². The highest BCUT2D eigenvalue weighted by Crippen LogP contribution is 2.25. The molecule has 0 aromatic heterocycles. The van der Waals surface area contributed by atoms with Gasteiger partial charge in [0.05, 0.1) is 6.10 Å². The fourth-order valence-corrected chi connectivity index (χ4v) is 0.777. The summed E-state index contributed by atoms with van der Waals surface area (Å²) < 4.78 is 0. The molecule has 1 saturated carbocycles. The fraction of sp³-hybridized carbons (Fsp3) is 0.667. The summed E-state index contributed by atoms with van der Waals surface area (Å²) in [5.74, 6) is 0. The van der Waals surface area contributed by atoms with Crippen LogP contribution in [0, 0.1) is 0 Å². The zero-order chi connectivity index (χ0) is 5.28. The summed E-state index contributed by atoms with van der Waals surface area (Å²) in [7, 11) is 0. The van der Waals surface area contributed by atoms with Crippen molar-refractivity contribution < 1.29 is 5.11 Å². The van der Waals surface area contributed by atoms with Gasteiger partial charge in [0, 0.05) is 0 Å². The first-order valence-corrected chi connectivity index (χ1v) is 2.67. The van der Waals surface area contributed by atoms with Crippen molar-refractivity contribution in [3.05, 3.63) is 11.6 Å². The average Bonchev–Trinajstić information content (AvgIpc) is 1.65. The molecule has 0 bridgehead atoms. The van der Waals surface area contributed by atoms with Gasteiger partial charge in [-0.15, -0.1) is 0 Å². The van der Waals surface area contributed by atoms with Crippen LogP contribution >= 0.6 is 0 Å². The maximum absolute atomic E-state index is 8.84. The Morgan fingerprint density at radius 3 is 2.57 bits per heavy atom. The van der Waals surface area contributed by atoms with Gasteiger partial charge < -0.3 is 5.11 Å². The van der Waals surface area contributed by atoms with Gasteiger partial charge in [-0.3, -0.25) is 0 Å². The van der Waals surface area contributed by atoms with Crippen molar-refractivity contribution in [1.29, 1.82) is 0 Å². The number of hydrogen-bond donors (Lipinski definition) is 1. The summed E-state index contributed by atoms with van der Waals surface area (Å²) in [6.07, 6.45) is 3.98. The second kappa shape index (κ2) is 1.66. The Morgan fingerprint density at radius 1 is 1.86 bits per heavy atom. The van der Waals surface area contributed by atoms with Gasteiger partial charge in [-0.2, -0.15) is 0 Å². The van der Waals surface area contributed by atoms with Crippen molar-refractivity contribution in [2.45, 2.75) is 25.9 Å². The minimum atomic E-state index is -0.0926. The van der Waals surface area contributed by atoms with Gasteiger partial charge >= 0.3 is 0 Å². The molecule has 0 spiro atoms. The number of allylic oxidation sites excluding steroid dienone is 1. The molecule has 0 amide bonds. The SMILES string of the molecule is C/C=C1/CC[C@H]1O. The van der Waals surface area contributed by atoms with E-state index in [1.54, 1.807) is 0 Å². The number of hydrogen-bond acceptors (Lipinski definition) is 1. The van der Waals surface area contributed by atoms with Crippen molar-refractivity contribution >= 4 is 0 Å². The lowest BCUT2D eigenvalue weighted by molar-refractivity contribution is 0.156. The van der Waals surface area contributed by atoms with Crippen LogP contribution in [0.5, 0.6) is 0 Å². The molecule has 0 aromatic rings. The summed E-state index contributed by atoms with van der Waals surface area (Å²) in [6, 6.07) is 0. The Bertz CT molecular complexity index is 94.4. The van der Waals surface area contributed by atoms with Crippen LogP contribution in [0.4, 0.5) is 0 Å². The van der Waals surface area contributed by atoms with Crippen LogP contribution in [-0.2, 0) is 0 Å². The maximum atomic E-state index is 8.84. The summed E-state index contributed by atoms with van der Waals surface area (Å²) in [5.41, 5.74) is 1.21. The Kier molecular flexibility index (Phi) is 1.15. The topological polar surface area (TPSA) is 20.2 Å². The van der Waals surface area contributed by atoms with Crippen molar-refractivity contribution in [2.75, 3.05) is 0 Å². The van der Waals surface area contributed by atoms with E-state index < -0.39 is 0 Å². The highest BCUT2D eigenvalue weighted by atomic mass is 16.3.